The van der Waals surface area contributed by atoms with E-state index >= 15 is 0 Å². The van der Waals surface area contributed by atoms with Crippen molar-refractivity contribution in [3.8, 4) is 11.5 Å². The molecule has 0 atom stereocenters. The molecule has 0 aliphatic carbocycles. The highest BCUT2D eigenvalue weighted by atomic mass is 79.9. The van der Waals surface area contributed by atoms with Gasteiger partial charge in [-0.05, 0) is 34.8 Å². The molecule has 0 radical (unpaired) electrons. The van der Waals surface area contributed by atoms with E-state index in [1.165, 1.54) is 12.8 Å². The standard InChI is InChI=1S/C11H13BrN4/c1-15-7-8(12)6-9(15)11-14-13-10-4-2-3-5-16(10)11/h6-7H,2-5H2,1H3. The normalized spacial score (nSPS) is 15.1. The first-order chi connectivity index (χ1) is 7.75. The van der Waals surface area contributed by atoms with Crippen LogP contribution in [0.2, 0.25) is 0 Å². The molecule has 0 saturated carbocycles. The van der Waals surface area contributed by atoms with E-state index in [-0.39, 0.29) is 0 Å². The summed E-state index contributed by atoms with van der Waals surface area (Å²) in [7, 11) is 2.03. The van der Waals surface area contributed by atoms with Gasteiger partial charge < -0.3 is 9.13 Å². The van der Waals surface area contributed by atoms with Gasteiger partial charge >= 0.3 is 0 Å². The van der Waals surface area contributed by atoms with Crippen molar-refractivity contribution < 1.29 is 0 Å². The summed E-state index contributed by atoms with van der Waals surface area (Å²) in [6.07, 6.45) is 5.55. The lowest BCUT2D eigenvalue weighted by Crippen LogP contribution is -2.12. The third-order valence-corrected chi connectivity index (χ3v) is 3.49. The van der Waals surface area contributed by atoms with E-state index < -0.39 is 0 Å². The van der Waals surface area contributed by atoms with Crippen LogP contribution in [0.1, 0.15) is 18.7 Å². The Balaban J connectivity index is 2.13. The predicted molar refractivity (Wildman–Crippen MR) is 65.1 cm³/mol. The van der Waals surface area contributed by atoms with Gasteiger partial charge in [0.25, 0.3) is 0 Å². The summed E-state index contributed by atoms with van der Waals surface area (Å²) in [4.78, 5) is 0. The monoisotopic (exact) mass is 280 g/mol. The van der Waals surface area contributed by atoms with E-state index in [0.717, 1.165) is 34.8 Å². The summed E-state index contributed by atoms with van der Waals surface area (Å²) in [6.45, 7) is 1.04. The van der Waals surface area contributed by atoms with Crippen LogP contribution in [-0.2, 0) is 20.0 Å². The molecule has 0 amide bonds. The molecular weight excluding hydrogens is 268 g/mol. The summed E-state index contributed by atoms with van der Waals surface area (Å²) < 4.78 is 5.40. The Morgan fingerprint density at radius 2 is 2.19 bits per heavy atom. The van der Waals surface area contributed by atoms with E-state index in [4.69, 9.17) is 0 Å². The number of hydrogen-bond acceptors (Lipinski definition) is 2. The molecule has 0 spiro atoms. The maximum Gasteiger partial charge on any atom is 0.180 e. The van der Waals surface area contributed by atoms with Gasteiger partial charge in [0.1, 0.15) is 5.82 Å². The molecule has 3 heterocycles. The molecule has 2 aromatic rings. The van der Waals surface area contributed by atoms with E-state index in [9.17, 15) is 0 Å². The van der Waals surface area contributed by atoms with Crippen molar-refractivity contribution in [2.45, 2.75) is 25.8 Å². The molecule has 0 bridgehead atoms. The van der Waals surface area contributed by atoms with E-state index in [2.05, 4.69) is 41.3 Å². The van der Waals surface area contributed by atoms with Gasteiger partial charge in [0.15, 0.2) is 5.82 Å². The number of fused-ring (bicyclic) bond motifs is 1. The number of nitrogens with zero attached hydrogens (tertiary/aromatic N) is 4. The SMILES string of the molecule is Cn1cc(Br)cc1-c1nnc2n1CCCC2. The first kappa shape index (κ1) is 10.1. The van der Waals surface area contributed by atoms with Gasteiger partial charge in [0, 0.05) is 30.7 Å². The summed E-state index contributed by atoms with van der Waals surface area (Å²) in [5, 5.41) is 8.58. The Labute approximate surface area is 102 Å². The number of aryl methyl sites for hydroxylation is 2. The molecule has 0 N–H and O–H groups in total. The van der Waals surface area contributed by atoms with Crippen LogP contribution in [0.5, 0.6) is 0 Å². The van der Waals surface area contributed by atoms with Gasteiger partial charge in [-0.3, -0.25) is 0 Å². The minimum Gasteiger partial charge on any atom is -0.347 e. The number of aromatic nitrogens is 4. The Bertz CT molecular complexity index is 526. The van der Waals surface area contributed by atoms with Crippen molar-refractivity contribution in [2.75, 3.05) is 0 Å². The van der Waals surface area contributed by atoms with Crippen LogP contribution in [0.25, 0.3) is 11.5 Å². The molecule has 1 aliphatic rings. The van der Waals surface area contributed by atoms with Crippen molar-refractivity contribution in [3.05, 3.63) is 22.6 Å². The Morgan fingerprint density at radius 3 is 2.94 bits per heavy atom. The maximum absolute atomic E-state index is 4.31. The maximum atomic E-state index is 4.31. The smallest absolute Gasteiger partial charge is 0.180 e. The zero-order valence-electron chi connectivity index (χ0n) is 9.15. The van der Waals surface area contributed by atoms with Crippen molar-refractivity contribution in [2.24, 2.45) is 7.05 Å². The molecule has 4 nitrogen and oxygen atoms in total. The van der Waals surface area contributed by atoms with Crippen molar-refractivity contribution in [1.29, 1.82) is 0 Å². The summed E-state index contributed by atoms with van der Waals surface area (Å²) in [5.74, 6) is 2.11. The second kappa shape index (κ2) is 3.73. The van der Waals surface area contributed by atoms with Crippen LogP contribution in [0.3, 0.4) is 0 Å². The summed E-state index contributed by atoms with van der Waals surface area (Å²) in [5.41, 5.74) is 1.12. The number of rotatable bonds is 1. The average molecular weight is 281 g/mol. The van der Waals surface area contributed by atoms with Crippen LogP contribution in [0, 0.1) is 0 Å². The lowest BCUT2D eigenvalue weighted by atomic mass is 10.1. The van der Waals surface area contributed by atoms with Crippen LogP contribution >= 0.6 is 15.9 Å². The predicted octanol–water partition coefficient (Wildman–Crippen LogP) is 2.38. The molecule has 0 unspecified atom stereocenters. The van der Waals surface area contributed by atoms with E-state index in [1.54, 1.807) is 0 Å². The highest BCUT2D eigenvalue weighted by Crippen LogP contribution is 2.26. The molecular formula is C11H13BrN4. The highest BCUT2D eigenvalue weighted by molar-refractivity contribution is 9.10. The lowest BCUT2D eigenvalue weighted by Gasteiger charge is -2.14. The van der Waals surface area contributed by atoms with Crippen LogP contribution in [0.4, 0.5) is 0 Å². The first-order valence-corrected chi connectivity index (χ1v) is 6.29. The van der Waals surface area contributed by atoms with Gasteiger partial charge in [0.2, 0.25) is 0 Å². The minimum atomic E-state index is 0.989. The van der Waals surface area contributed by atoms with Crippen LogP contribution in [-0.4, -0.2) is 19.3 Å². The largest absolute Gasteiger partial charge is 0.347 e. The quantitative estimate of drug-likeness (QED) is 0.804. The Kier molecular flexibility index (Phi) is 2.35. The molecule has 0 aromatic carbocycles. The average Bonchev–Trinajstić information content (AvgIpc) is 2.81. The molecule has 2 aromatic heterocycles. The fourth-order valence-electron chi connectivity index (χ4n) is 2.24. The van der Waals surface area contributed by atoms with E-state index in [0.29, 0.717) is 0 Å². The Morgan fingerprint density at radius 1 is 1.31 bits per heavy atom. The fraction of sp³-hybridized carbons (Fsp3) is 0.455. The van der Waals surface area contributed by atoms with Gasteiger partial charge in [-0.2, -0.15) is 0 Å². The van der Waals surface area contributed by atoms with Gasteiger partial charge in [-0.25, -0.2) is 0 Å². The highest BCUT2D eigenvalue weighted by Gasteiger charge is 2.18. The third kappa shape index (κ3) is 1.50. The summed E-state index contributed by atoms with van der Waals surface area (Å²) in [6, 6.07) is 2.09. The lowest BCUT2D eigenvalue weighted by molar-refractivity contribution is 0.525. The molecule has 16 heavy (non-hydrogen) atoms. The second-order valence-corrected chi connectivity index (χ2v) is 5.12. The van der Waals surface area contributed by atoms with Gasteiger partial charge in [-0.1, -0.05) is 0 Å². The number of hydrogen-bond donors (Lipinski definition) is 0. The molecule has 0 saturated heterocycles. The van der Waals surface area contributed by atoms with Crippen molar-refractivity contribution in [3.63, 3.8) is 0 Å². The van der Waals surface area contributed by atoms with E-state index in [1.807, 2.05) is 13.2 Å². The minimum absolute atomic E-state index is 0.989. The molecule has 0 fully saturated rings. The summed E-state index contributed by atoms with van der Waals surface area (Å²) >= 11 is 3.49. The molecule has 3 rings (SSSR count). The van der Waals surface area contributed by atoms with Crippen LogP contribution < -0.4 is 0 Å². The van der Waals surface area contributed by atoms with Crippen molar-refractivity contribution in [1.82, 2.24) is 19.3 Å². The first-order valence-electron chi connectivity index (χ1n) is 5.50. The van der Waals surface area contributed by atoms with Gasteiger partial charge in [0.05, 0.1) is 5.69 Å². The fourth-order valence-corrected chi connectivity index (χ4v) is 2.77. The topological polar surface area (TPSA) is 35.6 Å². The van der Waals surface area contributed by atoms with Gasteiger partial charge in [-0.15, -0.1) is 10.2 Å². The zero-order valence-corrected chi connectivity index (χ0v) is 10.7. The third-order valence-electron chi connectivity index (χ3n) is 3.06. The Hall–Kier alpha value is -1.10. The molecule has 1 aliphatic heterocycles. The molecule has 5 heteroatoms. The van der Waals surface area contributed by atoms with Crippen LogP contribution in [0.15, 0.2) is 16.7 Å². The van der Waals surface area contributed by atoms with Crippen molar-refractivity contribution >= 4 is 15.9 Å². The second-order valence-electron chi connectivity index (χ2n) is 4.20. The zero-order chi connectivity index (χ0) is 11.1. The molecule has 84 valence electrons. The number of halogens is 1.